The van der Waals surface area contributed by atoms with E-state index in [9.17, 15) is 0 Å². The smallest absolute Gasteiger partial charge is 0.00867 e. The van der Waals surface area contributed by atoms with Crippen LogP contribution in [-0.2, 0) is 0 Å². The van der Waals surface area contributed by atoms with E-state index in [4.69, 9.17) is 5.73 Å². The summed E-state index contributed by atoms with van der Waals surface area (Å²) < 4.78 is 0. The quantitative estimate of drug-likeness (QED) is 0.502. The molecule has 2 atom stereocenters. The summed E-state index contributed by atoms with van der Waals surface area (Å²) in [6.07, 6.45) is 1.25. The second-order valence-electron chi connectivity index (χ2n) is 2.24. The molecule has 0 heterocycles. The van der Waals surface area contributed by atoms with Gasteiger partial charge in [-0.1, -0.05) is 20.3 Å². The maximum absolute atomic E-state index is 5.58. The summed E-state index contributed by atoms with van der Waals surface area (Å²) in [5, 5.41) is 0. The number of nitrogens with two attached hydrogens (primary N) is 1. The summed E-state index contributed by atoms with van der Waals surface area (Å²) in [5.74, 6) is 0. The normalized spacial score (nSPS) is 19.3. The van der Waals surface area contributed by atoms with E-state index in [-0.39, 0.29) is 0 Å². The Bertz CT molecular complexity index is 45.3. The number of rotatable bonds is 2. The van der Waals surface area contributed by atoms with Crippen LogP contribution in [0, 0.1) is 0 Å². The summed E-state index contributed by atoms with van der Waals surface area (Å²) in [5.41, 5.74) is 6.40. The van der Waals surface area contributed by atoms with Crippen molar-refractivity contribution in [1.82, 2.24) is 0 Å². The molecule has 2 unspecified atom stereocenters. The zero-order valence-electron chi connectivity index (χ0n) is 5.44. The lowest BCUT2D eigenvalue weighted by atomic mass is 10.2. The third-order valence-electron chi connectivity index (χ3n) is 1.54. The summed E-state index contributed by atoms with van der Waals surface area (Å²) in [4.78, 5) is 0. The van der Waals surface area contributed by atoms with Gasteiger partial charge in [0.15, 0.2) is 0 Å². The third kappa shape index (κ3) is 2.82. The van der Waals surface area contributed by atoms with E-state index in [1.165, 1.54) is 16.7 Å². The Morgan fingerprint density at radius 2 is 2.14 bits per heavy atom. The minimum absolute atomic E-state index is 0.427. The predicted octanol–water partition coefficient (Wildman–Crippen LogP) is -0.102. The minimum atomic E-state index is 0.427. The van der Waals surface area contributed by atoms with Crippen LogP contribution in [0.15, 0.2) is 0 Å². The van der Waals surface area contributed by atoms with Gasteiger partial charge < -0.3 is 5.73 Å². The molecule has 0 fully saturated rings. The van der Waals surface area contributed by atoms with Crippen LogP contribution >= 0.6 is 0 Å². The van der Waals surface area contributed by atoms with Crippen molar-refractivity contribution in [3.63, 3.8) is 0 Å². The molecular formula is C5H15NSi. The zero-order valence-corrected chi connectivity index (χ0v) is 7.44. The molecule has 0 aromatic rings. The summed E-state index contributed by atoms with van der Waals surface area (Å²) in [7, 11) is 1.25. The lowest BCUT2D eigenvalue weighted by molar-refractivity contribution is 0.651. The van der Waals surface area contributed by atoms with E-state index < -0.39 is 0 Å². The first-order valence-corrected chi connectivity index (χ1v) is 4.09. The molecule has 44 valence electrons. The van der Waals surface area contributed by atoms with E-state index in [0.29, 0.717) is 6.04 Å². The molecule has 0 aliphatic heterocycles. The first-order chi connectivity index (χ1) is 3.18. The highest BCUT2D eigenvalue weighted by Crippen LogP contribution is 2.06. The van der Waals surface area contributed by atoms with Gasteiger partial charge in [0.05, 0.1) is 0 Å². The molecule has 2 heteroatoms. The van der Waals surface area contributed by atoms with Gasteiger partial charge >= 0.3 is 0 Å². The fourth-order valence-corrected chi connectivity index (χ4v) is 0.372. The van der Waals surface area contributed by atoms with Gasteiger partial charge in [-0.25, -0.2) is 0 Å². The second-order valence-corrected chi connectivity index (χ2v) is 3.73. The molecule has 0 saturated heterocycles. The van der Waals surface area contributed by atoms with Crippen molar-refractivity contribution in [2.75, 3.05) is 0 Å². The van der Waals surface area contributed by atoms with Crippen LogP contribution in [0.1, 0.15) is 20.3 Å². The fraction of sp³-hybridized carbons (Fsp3) is 1.00. The van der Waals surface area contributed by atoms with Crippen LogP contribution in [0.2, 0.25) is 5.54 Å². The van der Waals surface area contributed by atoms with Crippen LogP contribution in [-0.4, -0.2) is 16.3 Å². The van der Waals surface area contributed by atoms with Gasteiger partial charge in [-0.3, -0.25) is 0 Å². The molecule has 2 N–H and O–H groups in total. The van der Waals surface area contributed by atoms with E-state index >= 15 is 0 Å². The van der Waals surface area contributed by atoms with E-state index in [1.807, 2.05) is 0 Å². The van der Waals surface area contributed by atoms with Gasteiger partial charge in [0.2, 0.25) is 0 Å². The highest BCUT2D eigenvalue weighted by molar-refractivity contribution is 6.12. The topological polar surface area (TPSA) is 26.0 Å². The van der Waals surface area contributed by atoms with Crippen molar-refractivity contribution in [1.29, 1.82) is 0 Å². The molecule has 0 amide bonds. The first-order valence-electron chi connectivity index (χ1n) is 2.94. The fourth-order valence-electron chi connectivity index (χ4n) is 0.372. The molecule has 0 bridgehead atoms. The average molecular weight is 117 g/mol. The lowest BCUT2D eigenvalue weighted by Crippen LogP contribution is -2.21. The van der Waals surface area contributed by atoms with Crippen molar-refractivity contribution >= 4 is 10.2 Å². The van der Waals surface area contributed by atoms with Crippen LogP contribution in [0.5, 0.6) is 0 Å². The average Bonchev–Trinajstić information content (AvgIpc) is 1.65. The van der Waals surface area contributed by atoms with Crippen molar-refractivity contribution < 1.29 is 0 Å². The maximum atomic E-state index is 5.58. The van der Waals surface area contributed by atoms with Crippen LogP contribution in [0.25, 0.3) is 0 Å². The SMILES string of the molecule is CCC([SiH3])C(C)N. The maximum Gasteiger partial charge on any atom is 0.00867 e. The highest BCUT2D eigenvalue weighted by atomic mass is 28.1. The van der Waals surface area contributed by atoms with Crippen molar-refractivity contribution in [2.24, 2.45) is 5.73 Å². The van der Waals surface area contributed by atoms with Crippen molar-refractivity contribution in [3.8, 4) is 0 Å². The Labute approximate surface area is 48.7 Å². The van der Waals surface area contributed by atoms with Gasteiger partial charge in [-0.2, -0.15) is 0 Å². The summed E-state index contributed by atoms with van der Waals surface area (Å²) >= 11 is 0. The van der Waals surface area contributed by atoms with Gasteiger partial charge in [-0.15, -0.1) is 0 Å². The third-order valence-corrected chi connectivity index (χ3v) is 3.41. The minimum Gasteiger partial charge on any atom is -0.328 e. The highest BCUT2D eigenvalue weighted by Gasteiger charge is 2.01. The molecular weight excluding hydrogens is 102 g/mol. The molecule has 0 spiro atoms. The lowest BCUT2D eigenvalue weighted by Gasteiger charge is -2.10. The van der Waals surface area contributed by atoms with E-state index in [0.717, 1.165) is 5.54 Å². The second kappa shape index (κ2) is 3.21. The number of hydrogen-bond donors (Lipinski definition) is 1. The number of hydrogen-bond acceptors (Lipinski definition) is 1. The van der Waals surface area contributed by atoms with Crippen molar-refractivity contribution in [2.45, 2.75) is 31.9 Å². The van der Waals surface area contributed by atoms with Gasteiger partial charge in [0, 0.05) is 16.3 Å². The Hall–Kier alpha value is 0.177. The largest absolute Gasteiger partial charge is 0.328 e. The first kappa shape index (κ1) is 7.18. The molecule has 0 aromatic heterocycles. The summed E-state index contributed by atoms with van der Waals surface area (Å²) in [6.45, 7) is 4.28. The van der Waals surface area contributed by atoms with Gasteiger partial charge in [0.1, 0.15) is 0 Å². The van der Waals surface area contributed by atoms with Gasteiger partial charge in [0.25, 0.3) is 0 Å². The van der Waals surface area contributed by atoms with Gasteiger partial charge in [-0.05, 0) is 5.54 Å². The van der Waals surface area contributed by atoms with Crippen molar-refractivity contribution in [3.05, 3.63) is 0 Å². The molecule has 0 saturated carbocycles. The molecule has 0 aliphatic rings. The Morgan fingerprint density at radius 1 is 1.71 bits per heavy atom. The Balaban J connectivity index is 3.14. The summed E-state index contributed by atoms with van der Waals surface area (Å²) in [6, 6.07) is 0.427. The molecule has 1 nitrogen and oxygen atoms in total. The molecule has 0 radical (unpaired) electrons. The van der Waals surface area contributed by atoms with Crippen LogP contribution in [0.4, 0.5) is 0 Å². The van der Waals surface area contributed by atoms with E-state index in [1.54, 1.807) is 0 Å². The zero-order chi connectivity index (χ0) is 5.86. The van der Waals surface area contributed by atoms with E-state index in [2.05, 4.69) is 13.8 Å². The van der Waals surface area contributed by atoms with Crippen LogP contribution in [0.3, 0.4) is 0 Å². The monoisotopic (exact) mass is 117 g/mol. The predicted molar refractivity (Wildman–Crippen MR) is 37.6 cm³/mol. The molecule has 0 rings (SSSR count). The Morgan fingerprint density at radius 3 is 2.14 bits per heavy atom. The molecule has 0 aliphatic carbocycles. The van der Waals surface area contributed by atoms with Crippen LogP contribution < -0.4 is 5.73 Å². The molecule has 0 aromatic carbocycles. The standard InChI is InChI=1S/C5H15NSi/c1-3-5(7)4(2)6/h4-5H,3,6H2,1-2,7H3. The Kier molecular flexibility index (Phi) is 3.30. The molecule has 7 heavy (non-hydrogen) atoms.